The van der Waals surface area contributed by atoms with E-state index in [4.69, 9.17) is 10.3 Å². The van der Waals surface area contributed by atoms with Crippen molar-refractivity contribution in [2.75, 3.05) is 20.6 Å². The molecule has 1 heterocycles. The summed E-state index contributed by atoms with van der Waals surface area (Å²) in [5, 5.41) is 3.97. The van der Waals surface area contributed by atoms with Crippen LogP contribution < -0.4 is 5.73 Å². The highest BCUT2D eigenvalue weighted by Crippen LogP contribution is 2.22. The SMILES string of the molecule is CN(C)Cc1noc(-c2ccccc2CCN)n1. The van der Waals surface area contributed by atoms with E-state index in [0.29, 0.717) is 24.8 Å². The highest BCUT2D eigenvalue weighted by Gasteiger charge is 2.12. The molecule has 2 aromatic rings. The molecule has 0 fully saturated rings. The van der Waals surface area contributed by atoms with Gasteiger partial charge in [0, 0.05) is 5.56 Å². The number of aromatic nitrogens is 2. The summed E-state index contributed by atoms with van der Waals surface area (Å²) in [6.45, 7) is 1.28. The predicted molar refractivity (Wildman–Crippen MR) is 69.9 cm³/mol. The van der Waals surface area contributed by atoms with Crippen molar-refractivity contribution in [3.05, 3.63) is 35.7 Å². The minimum absolute atomic E-state index is 0.566. The fourth-order valence-corrected chi connectivity index (χ4v) is 1.81. The van der Waals surface area contributed by atoms with Gasteiger partial charge in [-0.2, -0.15) is 4.98 Å². The number of nitrogens with two attached hydrogens (primary N) is 1. The first-order valence-corrected chi connectivity index (χ1v) is 5.96. The van der Waals surface area contributed by atoms with Crippen LogP contribution in [0.4, 0.5) is 0 Å². The molecule has 1 aromatic heterocycles. The molecule has 0 radical (unpaired) electrons. The van der Waals surface area contributed by atoms with Crippen molar-refractivity contribution < 1.29 is 4.52 Å². The normalized spacial score (nSPS) is 11.1. The average Bonchev–Trinajstić information content (AvgIpc) is 2.77. The molecule has 1 aromatic carbocycles. The van der Waals surface area contributed by atoms with Crippen LogP contribution in [0, 0.1) is 0 Å². The standard InChI is InChI=1S/C13H18N4O/c1-17(2)9-12-15-13(18-16-12)11-6-4-3-5-10(11)7-8-14/h3-6H,7-9,14H2,1-2H3. The Kier molecular flexibility index (Phi) is 4.07. The fourth-order valence-electron chi connectivity index (χ4n) is 1.81. The lowest BCUT2D eigenvalue weighted by molar-refractivity contribution is 0.365. The molecule has 0 atom stereocenters. The number of rotatable bonds is 5. The van der Waals surface area contributed by atoms with Crippen LogP contribution in [0.15, 0.2) is 28.8 Å². The number of benzene rings is 1. The lowest BCUT2D eigenvalue weighted by atomic mass is 10.0. The van der Waals surface area contributed by atoms with Crippen molar-refractivity contribution in [1.29, 1.82) is 0 Å². The molecule has 2 rings (SSSR count). The maximum Gasteiger partial charge on any atom is 0.258 e. The van der Waals surface area contributed by atoms with Crippen molar-refractivity contribution in [2.24, 2.45) is 5.73 Å². The van der Waals surface area contributed by atoms with E-state index < -0.39 is 0 Å². The summed E-state index contributed by atoms with van der Waals surface area (Å²) in [4.78, 5) is 6.40. The topological polar surface area (TPSA) is 68.2 Å². The molecule has 0 bridgehead atoms. The van der Waals surface area contributed by atoms with Gasteiger partial charge < -0.3 is 15.2 Å². The molecular formula is C13H18N4O. The van der Waals surface area contributed by atoms with E-state index in [9.17, 15) is 0 Å². The Balaban J connectivity index is 2.28. The zero-order chi connectivity index (χ0) is 13.0. The first-order valence-electron chi connectivity index (χ1n) is 5.96. The van der Waals surface area contributed by atoms with E-state index in [1.165, 1.54) is 0 Å². The summed E-state index contributed by atoms with van der Waals surface area (Å²) in [6, 6.07) is 7.98. The number of nitrogens with zero attached hydrogens (tertiary/aromatic N) is 3. The Morgan fingerprint density at radius 1 is 1.28 bits per heavy atom. The minimum atomic E-state index is 0.566. The molecule has 5 nitrogen and oxygen atoms in total. The maximum absolute atomic E-state index is 5.61. The van der Waals surface area contributed by atoms with Gasteiger partial charge in [0.15, 0.2) is 5.82 Å². The molecule has 18 heavy (non-hydrogen) atoms. The van der Waals surface area contributed by atoms with Gasteiger partial charge in [0.25, 0.3) is 5.89 Å². The summed E-state index contributed by atoms with van der Waals surface area (Å²) in [5.74, 6) is 1.26. The molecule has 2 N–H and O–H groups in total. The largest absolute Gasteiger partial charge is 0.334 e. The van der Waals surface area contributed by atoms with Gasteiger partial charge >= 0.3 is 0 Å². The second-order valence-electron chi connectivity index (χ2n) is 4.45. The molecule has 0 saturated heterocycles. The van der Waals surface area contributed by atoms with Gasteiger partial charge in [0.05, 0.1) is 6.54 Å². The van der Waals surface area contributed by atoms with Crippen LogP contribution in [0.25, 0.3) is 11.5 Å². The minimum Gasteiger partial charge on any atom is -0.334 e. The number of hydrogen-bond donors (Lipinski definition) is 1. The lowest BCUT2D eigenvalue weighted by Gasteiger charge is -2.04. The van der Waals surface area contributed by atoms with E-state index >= 15 is 0 Å². The van der Waals surface area contributed by atoms with Crippen molar-refractivity contribution in [3.8, 4) is 11.5 Å². The molecule has 5 heteroatoms. The molecule has 96 valence electrons. The second kappa shape index (κ2) is 5.75. The first-order chi connectivity index (χ1) is 8.70. The van der Waals surface area contributed by atoms with Crippen LogP contribution in [-0.4, -0.2) is 35.7 Å². The van der Waals surface area contributed by atoms with Crippen molar-refractivity contribution in [2.45, 2.75) is 13.0 Å². The van der Waals surface area contributed by atoms with E-state index in [1.807, 2.05) is 43.3 Å². The third kappa shape index (κ3) is 2.94. The van der Waals surface area contributed by atoms with Gasteiger partial charge in [0.1, 0.15) is 0 Å². The number of hydrogen-bond acceptors (Lipinski definition) is 5. The Morgan fingerprint density at radius 3 is 2.78 bits per heavy atom. The monoisotopic (exact) mass is 246 g/mol. The maximum atomic E-state index is 5.61. The third-order valence-electron chi connectivity index (χ3n) is 2.59. The Morgan fingerprint density at radius 2 is 2.06 bits per heavy atom. The van der Waals surface area contributed by atoms with E-state index in [1.54, 1.807) is 0 Å². The molecule has 0 aliphatic heterocycles. The quantitative estimate of drug-likeness (QED) is 0.861. The zero-order valence-electron chi connectivity index (χ0n) is 10.8. The average molecular weight is 246 g/mol. The van der Waals surface area contributed by atoms with Gasteiger partial charge in [0.2, 0.25) is 0 Å². The molecular weight excluding hydrogens is 228 g/mol. The molecule has 0 amide bonds. The second-order valence-corrected chi connectivity index (χ2v) is 4.45. The van der Waals surface area contributed by atoms with Gasteiger partial charge in [-0.3, -0.25) is 0 Å². The fraction of sp³-hybridized carbons (Fsp3) is 0.385. The molecule has 0 spiro atoms. The Labute approximate surface area is 107 Å². The lowest BCUT2D eigenvalue weighted by Crippen LogP contribution is -2.11. The van der Waals surface area contributed by atoms with Crippen molar-refractivity contribution in [3.63, 3.8) is 0 Å². The summed E-state index contributed by atoms with van der Waals surface area (Å²) in [6.07, 6.45) is 0.807. The van der Waals surface area contributed by atoms with Crippen LogP contribution in [0.2, 0.25) is 0 Å². The third-order valence-corrected chi connectivity index (χ3v) is 2.59. The van der Waals surface area contributed by atoms with Crippen LogP contribution in [0.3, 0.4) is 0 Å². The molecule has 0 saturated carbocycles. The van der Waals surface area contributed by atoms with Crippen molar-refractivity contribution in [1.82, 2.24) is 15.0 Å². The molecule has 0 aliphatic rings. The summed E-state index contributed by atoms with van der Waals surface area (Å²) < 4.78 is 5.31. The highest BCUT2D eigenvalue weighted by molar-refractivity contribution is 5.58. The predicted octanol–water partition coefficient (Wildman–Crippen LogP) is 1.30. The Hall–Kier alpha value is -1.72. The van der Waals surface area contributed by atoms with E-state index in [2.05, 4.69) is 10.1 Å². The smallest absolute Gasteiger partial charge is 0.258 e. The van der Waals surface area contributed by atoms with Crippen LogP contribution in [0.1, 0.15) is 11.4 Å². The Bertz CT molecular complexity index is 507. The van der Waals surface area contributed by atoms with Crippen LogP contribution in [-0.2, 0) is 13.0 Å². The zero-order valence-corrected chi connectivity index (χ0v) is 10.8. The molecule has 0 unspecified atom stereocenters. The van der Waals surface area contributed by atoms with Gasteiger partial charge in [-0.1, -0.05) is 23.4 Å². The summed E-state index contributed by atoms with van der Waals surface area (Å²) in [5.41, 5.74) is 7.72. The first kappa shape index (κ1) is 12.7. The van der Waals surface area contributed by atoms with Crippen molar-refractivity contribution >= 4 is 0 Å². The van der Waals surface area contributed by atoms with Gasteiger partial charge in [-0.05, 0) is 38.7 Å². The van der Waals surface area contributed by atoms with Gasteiger partial charge in [-0.25, -0.2) is 0 Å². The van der Waals surface area contributed by atoms with Crippen LogP contribution in [0.5, 0.6) is 0 Å². The summed E-state index contributed by atoms with van der Waals surface area (Å²) in [7, 11) is 3.94. The van der Waals surface area contributed by atoms with E-state index in [0.717, 1.165) is 17.5 Å². The van der Waals surface area contributed by atoms with E-state index in [-0.39, 0.29) is 0 Å². The summed E-state index contributed by atoms with van der Waals surface area (Å²) >= 11 is 0. The van der Waals surface area contributed by atoms with Gasteiger partial charge in [-0.15, -0.1) is 0 Å². The molecule has 0 aliphatic carbocycles. The van der Waals surface area contributed by atoms with Crippen LogP contribution >= 0.6 is 0 Å². The highest BCUT2D eigenvalue weighted by atomic mass is 16.5.